The molecular formula is C17H19N5O2S. The van der Waals surface area contributed by atoms with E-state index in [2.05, 4.69) is 9.97 Å². The molecule has 0 aliphatic carbocycles. The number of amides is 1. The molecule has 0 aromatic carbocycles. The van der Waals surface area contributed by atoms with E-state index in [1.54, 1.807) is 22.4 Å². The smallest absolute Gasteiger partial charge is 0.330 e. The Morgan fingerprint density at radius 2 is 2.04 bits per heavy atom. The topological polar surface area (TPSA) is 73.0 Å². The van der Waals surface area contributed by atoms with E-state index in [9.17, 15) is 9.59 Å². The standard InChI is InChI=1S/C17H19N5O2S/c1-11-3-4-14(25-11)16(23)21-7-5-12(6-8-21)22-15-13(9-18-10-19-15)20(2)17(22)24/h3-4,9-10,12H,5-8H2,1-2H3. The second-order valence-electron chi connectivity index (χ2n) is 6.38. The van der Waals surface area contributed by atoms with Crippen LogP contribution in [0, 0.1) is 6.92 Å². The molecule has 4 heterocycles. The second kappa shape index (κ2) is 6.11. The fourth-order valence-electron chi connectivity index (χ4n) is 3.45. The van der Waals surface area contributed by atoms with Crippen LogP contribution in [0.3, 0.4) is 0 Å². The molecule has 7 nitrogen and oxygen atoms in total. The fourth-order valence-corrected chi connectivity index (χ4v) is 4.29. The lowest BCUT2D eigenvalue weighted by Crippen LogP contribution is -2.40. The monoisotopic (exact) mass is 357 g/mol. The van der Waals surface area contributed by atoms with Crippen molar-refractivity contribution in [2.75, 3.05) is 13.1 Å². The minimum Gasteiger partial charge on any atom is -0.338 e. The van der Waals surface area contributed by atoms with Crippen LogP contribution in [0.25, 0.3) is 11.2 Å². The summed E-state index contributed by atoms with van der Waals surface area (Å²) in [7, 11) is 1.74. The van der Waals surface area contributed by atoms with Gasteiger partial charge in [-0.1, -0.05) is 0 Å². The Kier molecular flexibility index (Phi) is 3.91. The summed E-state index contributed by atoms with van der Waals surface area (Å²) in [5, 5.41) is 0. The maximum absolute atomic E-state index is 12.6. The molecule has 1 aliphatic rings. The molecule has 4 rings (SSSR count). The highest BCUT2D eigenvalue weighted by atomic mass is 32.1. The van der Waals surface area contributed by atoms with Crippen LogP contribution < -0.4 is 5.69 Å². The van der Waals surface area contributed by atoms with Crippen LogP contribution in [0.15, 0.2) is 29.5 Å². The number of thiophene rings is 1. The molecular weight excluding hydrogens is 338 g/mol. The number of aromatic nitrogens is 4. The molecule has 0 bridgehead atoms. The van der Waals surface area contributed by atoms with Gasteiger partial charge >= 0.3 is 5.69 Å². The molecule has 0 atom stereocenters. The number of piperidine rings is 1. The van der Waals surface area contributed by atoms with E-state index in [-0.39, 0.29) is 17.6 Å². The van der Waals surface area contributed by atoms with Gasteiger partial charge in [-0.25, -0.2) is 14.8 Å². The molecule has 3 aromatic rings. The van der Waals surface area contributed by atoms with E-state index < -0.39 is 0 Å². The van der Waals surface area contributed by atoms with Crippen molar-refractivity contribution in [1.29, 1.82) is 0 Å². The average molecular weight is 357 g/mol. The summed E-state index contributed by atoms with van der Waals surface area (Å²) in [5.74, 6) is 0.0872. The Hall–Kier alpha value is -2.48. The number of fused-ring (bicyclic) bond motifs is 1. The molecule has 0 unspecified atom stereocenters. The van der Waals surface area contributed by atoms with Gasteiger partial charge < -0.3 is 4.90 Å². The number of aryl methyl sites for hydroxylation is 2. The first-order chi connectivity index (χ1) is 12.1. The highest BCUT2D eigenvalue weighted by Crippen LogP contribution is 2.26. The molecule has 0 saturated carbocycles. The van der Waals surface area contributed by atoms with Crippen LogP contribution in [0.2, 0.25) is 0 Å². The Morgan fingerprint density at radius 3 is 2.72 bits per heavy atom. The van der Waals surface area contributed by atoms with Crippen LogP contribution in [-0.4, -0.2) is 43.0 Å². The number of hydrogen-bond acceptors (Lipinski definition) is 5. The summed E-state index contributed by atoms with van der Waals surface area (Å²) in [5.41, 5.74) is 1.33. The summed E-state index contributed by atoms with van der Waals surface area (Å²) >= 11 is 1.53. The number of imidazole rings is 1. The van der Waals surface area contributed by atoms with Crippen molar-refractivity contribution < 1.29 is 4.79 Å². The molecule has 0 radical (unpaired) electrons. The van der Waals surface area contributed by atoms with Crippen molar-refractivity contribution in [2.45, 2.75) is 25.8 Å². The number of hydrogen-bond donors (Lipinski definition) is 0. The Labute approximate surface area is 148 Å². The number of carbonyl (C=O) groups excluding carboxylic acids is 1. The summed E-state index contributed by atoms with van der Waals surface area (Å²) in [6.45, 7) is 3.30. The molecule has 0 N–H and O–H groups in total. The fraction of sp³-hybridized carbons (Fsp3) is 0.412. The Bertz CT molecular complexity index is 994. The third kappa shape index (κ3) is 2.66. The van der Waals surface area contributed by atoms with Crippen LogP contribution in [0.4, 0.5) is 0 Å². The van der Waals surface area contributed by atoms with E-state index in [1.165, 1.54) is 17.7 Å². The molecule has 1 saturated heterocycles. The van der Waals surface area contributed by atoms with Gasteiger partial charge in [0.05, 0.1) is 11.1 Å². The molecule has 1 aliphatic heterocycles. The summed E-state index contributed by atoms with van der Waals surface area (Å²) in [4.78, 5) is 37.3. The predicted molar refractivity (Wildman–Crippen MR) is 96.0 cm³/mol. The third-order valence-corrected chi connectivity index (χ3v) is 5.81. The van der Waals surface area contributed by atoms with Gasteiger partial charge in [-0.2, -0.15) is 0 Å². The van der Waals surface area contributed by atoms with Gasteiger partial charge in [0.2, 0.25) is 0 Å². The summed E-state index contributed by atoms with van der Waals surface area (Å²) in [6.07, 6.45) is 4.63. The highest BCUT2D eigenvalue weighted by Gasteiger charge is 2.28. The summed E-state index contributed by atoms with van der Waals surface area (Å²) in [6, 6.07) is 3.92. The highest BCUT2D eigenvalue weighted by molar-refractivity contribution is 7.13. The molecule has 1 amide bonds. The van der Waals surface area contributed by atoms with Gasteiger partial charge in [0.25, 0.3) is 5.91 Å². The van der Waals surface area contributed by atoms with Crippen LogP contribution >= 0.6 is 11.3 Å². The van der Waals surface area contributed by atoms with Crippen molar-refractivity contribution in [1.82, 2.24) is 24.0 Å². The maximum Gasteiger partial charge on any atom is 0.330 e. The van der Waals surface area contributed by atoms with Crippen molar-refractivity contribution in [3.8, 4) is 0 Å². The van der Waals surface area contributed by atoms with Gasteiger partial charge in [0.1, 0.15) is 11.8 Å². The number of rotatable bonds is 2. The minimum absolute atomic E-state index is 0.0558. The maximum atomic E-state index is 12.6. The van der Waals surface area contributed by atoms with E-state index in [4.69, 9.17) is 0 Å². The van der Waals surface area contributed by atoms with E-state index >= 15 is 0 Å². The van der Waals surface area contributed by atoms with E-state index in [1.807, 2.05) is 24.0 Å². The van der Waals surface area contributed by atoms with Crippen LogP contribution in [0.1, 0.15) is 33.4 Å². The number of carbonyl (C=O) groups is 1. The molecule has 0 spiro atoms. The zero-order valence-electron chi connectivity index (χ0n) is 14.2. The SMILES string of the molecule is Cc1ccc(C(=O)N2CCC(n3c(=O)n(C)c4cncnc43)CC2)s1. The lowest BCUT2D eigenvalue weighted by Gasteiger charge is -2.32. The Morgan fingerprint density at radius 1 is 1.28 bits per heavy atom. The van der Waals surface area contributed by atoms with Gasteiger partial charge in [-0.3, -0.25) is 13.9 Å². The van der Waals surface area contributed by atoms with Gasteiger partial charge in [-0.15, -0.1) is 11.3 Å². The van der Waals surface area contributed by atoms with E-state index in [0.29, 0.717) is 18.7 Å². The van der Waals surface area contributed by atoms with Gasteiger partial charge in [-0.05, 0) is 31.9 Å². The minimum atomic E-state index is -0.0749. The third-order valence-electron chi connectivity index (χ3n) is 4.82. The molecule has 1 fully saturated rings. The normalized spacial score (nSPS) is 15.8. The first-order valence-corrected chi connectivity index (χ1v) is 9.10. The Balaban J connectivity index is 1.56. The van der Waals surface area contributed by atoms with E-state index in [0.717, 1.165) is 28.1 Å². The van der Waals surface area contributed by atoms with Gasteiger partial charge in [0, 0.05) is 31.1 Å². The van der Waals surface area contributed by atoms with Crippen LogP contribution in [0.5, 0.6) is 0 Å². The number of nitrogens with zero attached hydrogens (tertiary/aromatic N) is 5. The molecule has 8 heteroatoms. The molecule has 130 valence electrons. The quantitative estimate of drug-likeness (QED) is 0.703. The largest absolute Gasteiger partial charge is 0.338 e. The van der Waals surface area contributed by atoms with Crippen molar-refractivity contribution in [3.63, 3.8) is 0 Å². The molecule has 3 aromatic heterocycles. The molecule has 25 heavy (non-hydrogen) atoms. The first kappa shape index (κ1) is 16.0. The summed E-state index contributed by atoms with van der Waals surface area (Å²) < 4.78 is 3.34. The lowest BCUT2D eigenvalue weighted by molar-refractivity contribution is 0.0699. The number of likely N-dealkylation sites (tertiary alicyclic amines) is 1. The zero-order valence-corrected chi connectivity index (χ0v) is 15.0. The second-order valence-corrected chi connectivity index (χ2v) is 7.66. The average Bonchev–Trinajstić information content (AvgIpc) is 3.17. The van der Waals surface area contributed by atoms with Crippen molar-refractivity contribution in [3.05, 3.63) is 44.9 Å². The first-order valence-electron chi connectivity index (χ1n) is 8.29. The van der Waals surface area contributed by atoms with Crippen LogP contribution in [-0.2, 0) is 7.05 Å². The van der Waals surface area contributed by atoms with Gasteiger partial charge in [0.15, 0.2) is 5.65 Å². The predicted octanol–water partition coefficient (Wildman–Crippen LogP) is 1.98. The lowest BCUT2D eigenvalue weighted by atomic mass is 10.0. The van der Waals surface area contributed by atoms with Crippen molar-refractivity contribution >= 4 is 28.4 Å². The van der Waals surface area contributed by atoms with Crippen molar-refractivity contribution in [2.24, 2.45) is 7.05 Å². The zero-order chi connectivity index (χ0) is 17.6.